The van der Waals surface area contributed by atoms with Crippen molar-refractivity contribution in [3.05, 3.63) is 65.0 Å². The molecule has 4 aromatic rings. The van der Waals surface area contributed by atoms with Gasteiger partial charge in [-0.15, -0.1) is 0 Å². The van der Waals surface area contributed by atoms with Crippen LogP contribution in [0.15, 0.2) is 64.3 Å². The number of aromatic amines is 2. The van der Waals surface area contributed by atoms with Crippen molar-refractivity contribution in [1.82, 2.24) is 19.6 Å². The molecule has 0 spiro atoms. The molecule has 0 atom stereocenters. The van der Waals surface area contributed by atoms with Crippen LogP contribution in [0.1, 0.15) is 0 Å². The number of aromatic nitrogens is 2. The van der Waals surface area contributed by atoms with E-state index < -0.39 is 10.0 Å². The minimum absolute atomic E-state index is 0.196. The van der Waals surface area contributed by atoms with E-state index in [2.05, 4.69) is 14.7 Å². The van der Waals surface area contributed by atoms with Crippen LogP contribution in [-0.4, -0.2) is 50.5 Å². The van der Waals surface area contributed by atoms with Gasteiger partial charge in [-0.05, 0) is 55.9 Å². The van der Waals surface area contributed by atoms with E-state index in [0.29, 0.717) is 24.3 Å². The van der Waals surface area contributed by atoms with Crippen molar-refractivity contribution in [3.8, 4) is 11.3 Å². The number of nitrogens with one attached hydrogen (secondary N) is 3. The minimum Gasteiger partial charge on any atom is -0.354 e. The number of pyridine rings is 1. The maximum absolute atomic E-state index is 12.5. The first-order chi connectivity index (χ1) is 13.8. The Morgan fingerprint density at radius 2 is 1.69 bits per heavy atom. The summed E-state index contributed by atoms with van der Waals surface area (Å²) in [7, 11) is 0.172. The fourth-order valence-corrected chi connectivity index (χ4v) is 4.31. The van der Waals surface area contributed by atoms with E-state index in [4.69, 9.17) is 0 Å². The lowest BCUT2D eigenvalue weighted by Gasteiger charge is -2.11. The molecule has 0 aliphatic heterocycles. The summed E-state index contributed by atoms with van der Waals surface area (Å²) in [6, 6.07) is 16.1. The van der Waals surface area contributed by atoms with Crippen LogP contribution < -0.4 is 10.3 Å². The summed E-state index contributed by atoms with van der Waals surface area (Å²) >= 11 is 0. The van der Waals surface area contributed by atoms with Crippen molar-refractivity contribution in [2.24, 2.45) is 0 Å². The minimum atomic E-state index is -3.60. The van der Waals surface area contributed by atoms with E-state index in [0.717, 1.165) is 21.8 Å². The van der Waals surface area contributed by atoms with Crippen molar-refractivity contribution < 1.29 is 8.42 Å². The highest BCUT2D eigenvalue weighted by Crippen LogP contribution is 2.25. The Morgan fingerprint density at radius 3 is 2.48 bits per heavy atom. The number of benzene rings is 2. The molecule has 8 heteroatoms. The lowest BCUT2D eigenvalue weighted by atomic mass is 10.1. The van der Waals surface area contributed by atoms with Gasteiger partial charge in [-0.2, -0.15) is 0 Å². The molecule has 150 valence electrons. The van der Waals surface area contributed by atoms with Gasteiger partial charge in [0.15, 0.2) is 0 Å². The molecule has 0 unspecified atom stereocenters. The number of hydrogen-bond donors (Lipinski definition) is 3. The topological polar surface area (TPSA) is 98.1 Å². The van der Waals surface area contributed by atoms with Crippen molar-refractivity contribution in [2.75, 3.05) is 27.2 Å². The van der Waals surface area contributed by atoms with Crippen molar-refractivity contribution in [1.29, 1.82) is 0 Å². The molecule has 0 saturated heterocycles. The molecular formula is C21H22N4O3S. The first-order valence-electron chi connectivity index (χ1n) is 9.23. The zero-order chi connectivity index (χ0) is 20.6. The fourth-order valence-electron chi connectivity index (χ4n) is 3.26. The highest BCUT2D eigenvalue weighted by molar-refractivity contribution is 7.89. The Kier molecular flexibility index (Phi) is 4.99. The van der Waals surface area contributed by atoms with E-state index in [1.807, 2.05) is 49.3 Å². The second-order valence-corrected chi connectivity index (χ2v) is 9.00. The summed E-state index contributed by atoms with van der Waals surface area (Å²) in [4.78, 5) is 20.7. The van der Waals surface area contributed by atoms with Crippen LogP contribution in [0, 0.1) is 0 Å². The molecule has 0 fully saturated rings. The van der Waals surface area contributed by atoms with Gasteiger partial charge in [0.05, 0.1) is 16.2 Å². The van der Waals surface area contributed by atoms with Gasteiger partial charge in [0.1, 0.15) is 0 Å². The van der Waals surface area contributed by atoms with Crippen LogP contribution >= 0.6 is 0 Å². The number of fused-ring (bicyclic) bond motifs is 2. The maximum atomic E-state index is 12.5. The summed E-state index contributed by atoms with van der Waals surface area (Å²) in [6.45, 7) is 0.943. The van der Waals surface area contributed by atoms with Gasteiger partial charge in [0, 0.05) is 29.5 Å². The summed E-state index contributed by atoms with van der Waals surface area (Å²) in [5.74, 6) is 0. The quantitative estimate of drug-likeness (QED) is 0.455. The number of sulfonamides is 1. The fraction of sp³-hybridized carbons (Fsp3) is 0.190. The van der Waals surface area contributed by atoms with Gasteiger partial charge in [0.2, 0.25) is 10.0 Å². The second-order valence-electron chi connectivity index (χ2n) is 7.23. The Balaban J connectivity index is 1.71. The van der Waals surface area contributed by atoms with Crippen LogP contribution in [0.3, 0.4) is 0 Å². The normalized spacial score (nSPS) is 12.2. The molecule has 7 nitrogen and oxygen atoms in total. The molecule has 4 rings (SSSR count). The molecule has 2 aromatic heterocycles. The lowest BCUT2D eigenvalue weighted by Crippen LogP contribution is -2.31. The van der Waals surface area contributed by atoms with E-state index in [9.17, 15) is 13.2 Å². The average Bonchev–Trinajstić information content (AvgIpc) is 3.10. The molecule has 0 radical (unpaired) electrons. The molecule has 29 heavy (non-hydrogen) atoms. The third kappa shape index (κ3) is 3.95. The molecule has 0 aliphatic carbocycles. The zero-order valence-electron chi connectivity index (χ0n) is 16.2. The SMILES string of the molecule is CN(C)CCNS(=O)(=O)c1ccc2[nH]c(-c3cc4ccccc4[nH]c3=O)cc2c1. The Bertz CT molecular complexity index is 1350. The first kappa shape index (κ1) is 19.4. The van der Waals surface area contributed by atoms with Crippen LogP contribution in [0.25, 0.3) is 33.1 Å². The summed E-state index contributed by atoms with van der Waals surface area (Å²) in [6.07, 6.45) is 0. The number of likely N-dealkylation sites (N-methyl/N-ethyl adjacent to an activating group) is 1. The predicted molar refractivity (Wildman–Crippen MR) is 116 cm³/mol. The Hall–Kier alpha value is -2.94. The number of nitrogens with zero attached hydrogens (tertiary/aromatic N) is 1. The molecule has 2 heterocycles. The van der Waals surface area contributed by atoms with Gasteiger partial charge < -0.3 is 14.9 Å². The molecule has 0 saturated carbocycles. The van der Waals surface area contributed by atoms with Crippen molar-refractivity contribution in [3.63, 3.8) is 0 Å². The molecular weight excluding hydrogens is 388 g/mol. The molecule has 0 bridgehead atoms. The second kappa shape index (κ2) is 7.47. The van der Waals surface area contributed by atoms with Gasteiger partial charge in [-0.1, -0.05) is 18.2 Å². The van der Waals surface area contributed by atoms with Gasteiger partial charge in [-0.25, -0.2) is 13.1 Å². The smallest absolute Gasteiger partial charge is 0.257 e. The van der Waals surface area contributed by atoms with E-state index >= 15 is 0 Å². The van der Waals surface area contributed by atoms with E-state index in [-0.39, 0.29) is 10.5 Å². The maximum Gasteiger partial charge on any atom is 0.257 e. The standard InChI is InChI=1S/C21H22N4O3S/c1-25(2)10-9-22-29(27,28)16-7-8-19-15(11-16)13-20(23-19)17-12-14-5-3-4-6-18(14)24-21(17)26/h3-8,11-13,22-23H,9-10H2,1-2H3,(H,24,26). The largest absolute Gasteiger partial charge is 0.354 e. The molecule has 0 aliphatic rings. The molecule has 2 aromatic carbocycles. The van der Waals surface area contributed by atoms with Crippen LogP contribution in [-0.2, 0) is 10.0 Å². The average molecular weight is 410 g/mol. The van der Waals surface area contributed by atoms with E-state index in [1.54, 1.807) is 24.3 Å². The van der Waals surface area contributed by atoms with Crippen LogP contribution in [0.4, 0.5) is 0 Å². The van der Waals surface area contributed by atoms with E-state index in [1.165, 1.54) is 0 Å². The third-order valence-corrected chi connectivity index (χ3v) is 6.26. The Labute approximate surface area is 168 Å². The number of hydrogen-bond acceptors (Lipinski definition) is 4. The number of H-pyrrole nitrogens is 2. The van der Waals surface area contributed by atoms with Gasteiger partial charge >= 0.3 is 0 Å². The van der Waals surface area contributed by atoms with Crippen molar-refractivity contribution in [2.45, 2.75) is 4.90 Å². The Morgan fingerprint density at radius 1 is 0.931 bits per heavy atom. The van der Waals surface area contributed by atoms with Crippen molar-refractivity contribution >= 4 is 31.8 Å². The third-order valence-electron chi connectivity index (χ3n) is 4.80. The predicted octanol–water partition coefficient (Wildman–Crippen LogP) is 2.52. The monoisotopic (exact) mass is 410 g/mol. The molecule has 3 N–H and O–H groups in total. The van der Waals surface area contributed by atoms with Crippen LogP contribution in [0.5, 0.6) is 0 Å². The van der Waals surface area contributed by atoms with Crippen LogP contribution in [0.2, 0.25) is 0 Å². The first-order valence-corrected chi connectivity index (χ1v) is 10.7. The summed E-state index contributed by atoms with van der Waals surface area (Å²) < 4.78 is 27.7. The highest BCUT2D eigenvalue weighted by atomic mass is 32.2. The summed E-state index contributed by atoms with van der Waals surface area (Å²) in [5, 5.41) is 1.65. The van der Waals surface area contributed by atoms with Gasteiger partial charge in [-0.3, -0.25) is 4.79 Å². The van der Waals surface area contributed by atoms with Gasteiger partial charge in [0.25, 0.3) is 5.56 Å². The highest BCUT2D eigenvalue weighted by Gasteiger charge is 2.16. The molecule has 0 amide bonds. The zero-order valence-corrected chi connectivity index (χ0v) is 17.0. The number of rotatable bonds is 6. The summed E-state index contributed by atoms with van der Waals surface area (Å²) in [5.41, 5.74) is 2.48. The number of para-hydroxylation sites is 1. The lowest BCUT2D eigenvalue weighted by molar-refractivity contribution is 0.412.